The van der Waals surface area contributed by atoms with E-state index in [1.54, 1.807) is 11.0 Å². The van der Waals surface area contributed by atoms with Gasteiger partial charge in [-0.1, -0.05) is 12.1 Å². The normalized spacial score (nSPS) is 17.5. The Morgan fingerprint density at radius 1 is 0.960 bits per heavy atom. The largest absolute Gasteiger partial charge is 0.369 e. The van der Waals surface area contributed by atoms with Gasteiger partial charge in [0.1, 0.15) is 0 Å². The first-order chi connectivity index (χ1) is 12.2. The first kappa shape index (κ1) is 15.7. The number of hydrogen-bond donors (Lipinski definition) is 0. The number of benzene rings is 2. The molecule has 25 heavy (non-hydrogen) atoms. The molecule has 126 valence electrons. The standard InChI is InChI=1S/C20H20N4O/c1-22-9-11-23(12-10-22)17-5-7-18(8-6-17)24-14-16-4-2-3-15(13-21)19(16)20(24)25/h2-8H,9-12,14H2,1H3. The zero-order chi connectivity index (χ0) is 17.4. The van der Waals surface area contributed by atoms with Gasteiger partial charge in [-0.25, -0.2) is 0 Å². The molecule has 0 bridgehead atoms. The molecule has 0 N–H and O–H groups in total. The lowest BCUT2D eigenvalue weighted by atomic mass is 10.0. The van der Waals surface area contributed by atoms with E-state index in [-0.39, 0.29) is 5.91 Å². The third kappa shape index (κ3) is 2.75. The Balaban J connectivity index is 1.56. The molecule has 1 amide bonds. The Kier molecular flexibility index (Phi) is 3.90. The minimum Gasteiger partial charge on any atom is -0.369 e. The summed E-state index contributed by atoms with van der Waals surface area (Å²) in [4.78, 5) is 19.2. The van der Waals surface area contributed by atoms with Crippen LogP contribution in [-0.2, 0) is 6.54 Å². The van der Waals surface area contributed by atoms with Gasteiger partial charge >= 0.3 is 0 Å². The van der Waals surface area contributed by atoms with Crippen LogP contribution in [0.4, 0.5) is 11.4 Å². The van der Waals surface area contributed by atoms with Crippen molar-refractivity contribution in [2.45, 2.75) is 6.54 Å². The molecule has 0 saturated carbocycles. The number of amides is 1. The quantitative estimate of drug-likeness (QED) is 0.848. The zero-order valence-electron chi connectivity index (χ0n) is 14.3. The summed E-state index contributed by atoms with van der Waals surface area (Å²) in [5.74, 6) is -0.0838. The number of anilines is 2. The third-order valence-electron chi connectivity index (χ3n) is 5.09. The fraction of sp³-hybridized carbons (Fsp3) is 0.300. The van der Waals surface area contributed by atoms with E-state index >= 15 is 0 Å². The van der Waals surface area contributed by atoms with Gasteiger partial charge in [-0.05, 0) is 42.9 Å². The zero-order valence-corrected chi connectivity index (χ0v) is 14.3. The van der Waals surface area contributed by atoms with Crippen molar-refractivity contribution in [2.24, 2.45) is 0 Å². The average Bonchev–Trinajstić information content (AvgIpc) is 2.99. The molecule has 2 aromatic carbocycles. The Morgan fingerprint density at radius 2 is 1.64 bits per heavy atom. The maximum Gasteiger partial charge on any atom is 0.260 e. The van der Waals surface area contributed by atoms with E-state index in [4.69, 9.17) is 0 Å². The van der Waals surface area contributed by atoms with E-state index in [0.717, 1.165) is 37.4 Å². The van der Waals surface area contributed by atoms with Gasteiger partial charge < -0.3 is 14.7 Å². The van der Waals surface area contributed by atoms with E-state index in [1.807, 2.05) is 24.3 Å². The predicted molar refractivity (Wildman–Crippen MR) is 97.8 cm³/mol. The monoisotopic (exact) mass is 332 g/mol. The van der Waals surface area contributed by atoms with Gasteiger partial charge in [0.05, 0.1) is 23.7 Å². The SMILES string of the molecule is CN1CCN(c2ccc(N3Cc4cccc(C#N)c4C3=O)cc2)CC1. The van der Waals surface area contributed by atoms with E-state index < -0.39 is 0 Å². The molecule has 2 heterocycles. The van der Waals surface area contributed by atoms with Crippen LogP contribution < -0.4 is 9.80 Å². The lowest BCUT2D eigenvalue weighted by Crippen LogP contribution is -2.44. The molecule has 0 aromatic heterocycles. The molecule has 1 saturated heterocycles. The number of carbonyl (C=O) groups is 1. The van der Waals surface area contributed by atoms with Crippen LogP contribution in [0.5, 0.6) is 0 Å². The number of piperazine rings is 1. The minimum absolute atomic E-state index is 0.0838. The number of rotatable bonds is 2. The number of likely N-dealkylation sites (N-methyl/N-ethyl adjacent to an activating group) is 1. The van der Waals surface area contributed by atoms with Crippen molar-refractivity contribution in [3.05, 3.63) is 59.2 Å². The highest BCUT2D eigenvalue weighted by atomic mass is 16.2. The van der Waals surface area contributed by atoms with Gasteiger partial charge in [-0.2, -0.15) is 5.26 Å². The molecule has 0 atom stereocenters. The molecular formula is C20H20N4O. The van der Waals surface area contributed by atoms with Gasteiger partial charge in [0.25, 0.3) is 5.91 Å². The van der Waals surface area contributed by atoms with Gasteiger partial charge in [0, 0.05) is 37.6 Å². The molecule has 2 aromatic rings. The lowest BCUT2D eigenvalue weighted by Gasteiger charge is -2.34. The van der Waals surface area contributed by atoms with Crippen molar-refractivity contribution < 1.29 is 4.79 Å². The molecule has 5 heteroatoms. The second kappa shape index (κ2) is 6.23. The highest BCUT2D eigenvalue weighted by molar-refractivity contribution is 6.11. The summed E-state index contributed by atoms with van der Waals surface area (Å²) in [5.41, 5.74) is 4.00. The van der Waals surface area contributed by atoms with E-state index in [2.05, 4.69) is 35.0 Å². The van der Waals surface area contributed by atoms with Crippen molar-refractivity contribution in [2.75, 3.05) is 43.0 Å². The highest BCUT2D eigenvalue weighted by Gasteiger charge is 2.30. The van der Waals surface area contributed by atoms with Gasteiger partial charge in [0.2, 0.25) is 0 Å². The Hall–Kier alpha value is -2.84. The number of hydrogen-bond acceptors (Lipinski definition) is 4. The molecule has 0 aliphatic carbocycles. The first-order valence-corrected chi connectivity index (χ1v) is 8.55. The topological polar surface area (TPSA) is 50.6 Å². The Bertz CT molecular complexity index is 845. The summed E-state index contributed by atoms with van der Waals surface area (Å²) in [5, 5.41) is 9.25. The van der Waals surface area contributed by atoms with Crippen LogP contribution in [0.2, 0.25) is 0 Å². The maximum absolute atomic E-state index is 12.8. The van der Waals surface area contributed by atoms with Crippen LogP contribution in [0.3, 0.4) is 0 Å². The number of carbonyl (C=O) groups excluding carboxylic acids is 1. The predicted octanol–water partition coefficient (Wildman–Crippen LogP) is 2.47. The first-order valence-electron chi connectivity index (χ1n) is 8.55. The van der Waals surface area contributed by atoms with Crippen LogP contribution in [0.25, 0.3) is 0 Å². The van der Waals surface area contributed by atoms with Gasteiger partial charge in [-0.3, -0.25) is 4.79 Å². The number of nitrogens with zero attached hydrogens (tertiary/aromatic N) is 4. The van der Waals surface area contributed by atoms with Crippen molar-refractivity contribution in [3.8, 4) is 6.07 Å². The summed E-state index contributed by atoms with van der Waals surface area (Å²) in [6, 6.07) is 15.8. The van der Waals surface area contributed by atoms with Crippen molar-refractivity contribution >= 4 is 17.3 Å². The fourth-order valence-electron chi connectivity index (χ4n) is 3.57. The molecule has 1 fully saturated rings. The summed E-state index contributed by atoms with van der Waals surface area (Å²) in [7, 11) is 2.15. The second-order valence-corrected chi connectivity index (χ2v) is 6.65. The average molecular weight is 332 g/mol. The Labute approximate surface area is 147 Å². The van der Waals surface area contributed by atoms with Gasteiger partial charge in [-0.15, -0.1) is 0 Å². The minimum atomic E-state index is -0.0838. The molecule has 0 spiro atoms. The summed E-state index contributed by atoms with van der Waals surface area (Å²) in [6.45, 7) is 4.71. The third-order valence-corrected chi connectivity index (χ3v) is 5.09. The molecule has 4 rings (SSSR count). The smallest absolute Gasteiger partial charge is 0.260 e. The molecule has 0 unspecified atom stereocenters. The Morgan fingerprint density at radius 3 is 2.32 bits per heavy atom. The van der Waals surface area contributed by atoms with Crippen LogP contribution in [0.1, 0.15) is 21.5 Å². The highest BCUT2D eigenvalue weighted by Crippen LogP contribution is 2.31. The molecule has 5 nitrogen and oxygen atoms in total. The van der Waals surface area contributed by atoms with Crippen LogP contribution >= 0.6 is 0 Å². The maximum atomic E-state index is 12.8. The van der Waals surface area contributed by atoms with E-state index in [9.17, 15) is 10.1 Å². The molecule has 2 aliphatic rings. The van der Waals surface area contributed by atoms with E-state index in [0.29, 0.717) is 17.7 Å². The van der Waals surface area contributed by atoms with Crippen molar-refractivity contribution in [1.29, 1.82) is 5.26 Å². The summed E-state index contributed by atoms with van der Waals surface area (Å²) in [6.07, 6.45) is 0. The number of nitriles is 1. The van der Waals surface area contributed by atoms with Crippen molar-refractivity contribution in [1.82, 2.24) is 4.90 Å². The van der Waals surface area contributed by atoms with Crippen LogP contribution in [0, 0.1) is 11.3 Å². The number of fused-ring (bicyclic) bond motifs is 1. The summed E-state index contributed by atoms with van der Waals surface area (Å²) >= 11 is 0. The lowest BCUT2D eigenvalue weighted by molar-refractivity contribution is 0.0996. The molecule has 2 aliphatic heterocycles. The fourth-order valence-corrected chi connectivity index (χ4v) is 3.57. The second-order valence-electron chi connectivity index (χ2n) is 6.65. The van der Waals surface area contributed by atoms with Crippen molar-refractivity contribution in [3.63, 3.8) is 0 Å². The van der Waals surface area contributed by atoms with Crippen LogP contribution in [-0.4, -0.2) is 44.0 Å². The van der Waals surface area contributed by atoms with E-state index in [1.165, 1.54) is 5.69 Å². The van der Waals surface area contributed by atoms with Gasteiger partial charge in [0.15, 0.2) is 0 Å². The molecular weight excluding hydrogens is 312 g/mol. The summed E-state index contributed by atoms with van der Waals surface area (Å²) < 4.78 is 0. The molecule has 0 radical (unpaired) electrons. The van der Waals surface area contributed by atoms with Crippen LogP contribution in [0.15, 0.2) is 42.5 Å².